The van der Waals surface area contributed by atoms with Gasteiger partial charge in [-0.3, -0.25) is 4.79 Å². The maximum atomic E-state index is 13.6. The molecule has 0 unspecified atom stereocenters. The van der Waals surface area contributed by atoms with E-state index in [2.05, 4.69) is 6.07 Å². The zero-order chi connectivity index (χ0) is 21.3. The molecule has 0 amide bonds. The second-order valence-corrected chi connectivity index (χ2v) is 7.67. The van der Waals surface area contributed by atoms with Crippen LogP contribution in [0.25, 0.3) is 0 Å². The summed E-state index contributed by atoms with van der Waals surface area (Å²) in [5, 5.41) is 9.73. The molecule has 5 heteroatoms. The Hall–Kier alpha value is -3.78. The van der Waals surface area contributed by atoms with Crippen LogP contribution in [0.2, 0.25) is 0 Å². The van der Waals surface area contributed by atoms with E-state index in [9.17, 15) is 10.1 Å². The Morgan fingerprint density at radius 2 is 1.77 bits per heavy atom. The molecule has 0 bridgehead atoms. The molecule has 0 aliphatic carbocycles. The average molecular weight is 397 g/mol. The number of pyridine rings is 1. The molecule has 0 spiro atoms. The lowest BCUT2D eigenvalue weighted by Gasteiger charge is -2.27. The van der Waals surface area contributed by atoms with E-state index in [0.717, 1.165) is 16.8 Å². The van der Waals surface area contributed by atoms with Gasteiger partial charge in [-0.1, -0.05) is 60.2 Å². The van der Waals surface area contributed by atoms with Crippen LogP contribution < -0.4 is 16.0 Å². The number of benzene rings is 2. The minimum Gasteiger partial charge on any atom is -0.440 e. The van der Waals surface area contributed by atoms with Crippen LogP contribution in [0.4, 0.5) is 0 Å². The van der Waals surface area contributed by atoms with E-state index >= 15 is 0 Å². The van der Waals surface area contributed by atoms with Crippen LogP contribution in [0, 0.1) is 25.2 Å². The molecule has 30 heavy (non-hydrogen) atoms. The summed E-state index contributed by atoms with van der Waals surface area (Å²) in [6, 6.07) is 21.9. The first-order valence-electron chi connectivity index (χ1n) is 9.89. The normalized spacial score (nSPS) is 15.3. The lowest BCUT2D eigenvalue weighted by Crippen LogP contribution is -2.33. The van der Waals surface area contributed by atoms with Gasteiger partial charge in [-0.2, -0.15) is 5.26 Å². The molecule has 3 aromatic rings. The number of hydrogen-bond acceptors (Lipinski definition) is 4. The molecular formula is C25H23N3O2. The fourth-order valence-electron chi connectivity index (χ4n) is 3.91. The molecule has 2 heterocycles. The van der Waals surface area contributed by atoms with Gasteiger partial charge in [-0.15, -0.1) is 0 Å². The van der Waals surface area contributed by atoms with Crippen molar-refractivity contribution in [1.29, 1.82) is 5.26 Å². The second-order valence-electron chi connectivity index (χ2n) is 7.67. The van der Waals surface area contributed by atoms with E-state index in [1.165, 1.54) is 5.56 Å². The summed E-state index contributed by atoms with van der Waals surface area (Å²) in [5.74, 6) is 0.0645. The molecular weight excluding hydrogens is 374 g/mol. The molecule has 4 rings (SSSR count). The summed E-state index contributed by atoms with van der Waals surface area (Å²) < 4.78 is 7.44. The average Bonchev–Trinajstić information content (AvgIpc) is 2.73. The number of hydrogen-bond donors (Lipinski definition) is 1. The van der Waals surface area contributed by atoms with Crippen molar-refractivity contribution in [3.8, 4) is 11.8 Å². The fourth-order valence-corrected chi connectivity index (χ4v) is 3.91. The molecule has 0 fully saturated rings. The topological polar surface area (TPSA) is 81.0 Å². The summed E-state index contributed by atoms with van der Waals surface area (Å²) in [6.45, 7) is 4.37. The first kappa shape index (κ1) is 19.5. The Bertz CT molecular complexity index is 1220. The van der Waals surface area contributed by atoms with Crippen molar-refractivity contribution in [3.63, 3.8) is 0 Å². The number of ether oxygens (including phenoxy) is 1. The van der Waals surface area contributed by atoms with E-state index in [1.807, 2.05) is 74.5 Å². The summed E-state index contributed by atoms with van der Waals surface area (Å²) >= 11 is 0. The third kappa shape index (κ3) is 3.60. The number of nitriles is 1. The maximum Gasteiger partial charge on any atom is 0.258 e. The maximum absolute atomic E-state index is 13.6. The van der Waals surface area contributed by atoms with Gasteiger partial charge in [-0.05, 0) is 31.4 Å². The van der Waals surface area contributed by atoms with Crippen LogP contribution in [-0.4, -0.2) is 4.57 Å². The Balaban J connectivity index is 1.83. The highest BCUT2D eigenvalue weighted by Crippen LogP contribution is 2.38. The van der Waals surface area contributed by atoms with E-state index in [-0.39, 0.29) is 11.4 Å². The number of aryl methyl sites for hydroxylation is 2. The molecule has 1 aliphatic rings. The van der Waals surface area contributed by atoms with Gasteiger partial charge < -0.3 is 15.0 Å². The predicted octanol–water partition coefficient (Wildman–Crippen LogP) is 3.93. The Labute approximate surface area is 175 Å². The molecule has 0 radical (unpaired) electrons. The van der Waals surface area contributed by atoms with Gasteiger partial charge in [0, 0.05) is 17.7 Å². The van der Waals surface area contributed by atoms with Gasteiger partial charge in [0.2, 0.25) is 5.88 Å². The van der Waals surface area contributed by atoms with E-state index < -0.39 is 5.92 Å². The molecule has 0 saturated carbocycles. The third-order valence-corrected chi connectivity index (χ3v) is 5.55. The molecule has 2 N–H and O–H groups in total. The zero-order valence-electron chi connectivity index (χ0n) is 17.1. The van der Waals surface area contributed by atoms with Crippen LogP contribution in [0.15, 0.2) is 76.9 Å². The third-order valence-electron chi connectivity index (χ3n) is 5.55. The minimum absolute atomic E-state index is 0.0704. The van der Waals surface area contributed by atoms with Crippen molar-refractivity contribution in [2.24, 2.45) is 5.73 Å². The van der Waals surface area contributed by atoms with Crippen LogP contribution in [0.1, 0.15) is 33.9 Å². The summed E-state index contributed by atoms with van der Waals surface area (Å²) in [7, 11) is 0. The molecule has 0 saturated heterocycles. The SMILES string of the molecule is Cc1ccc(Cn2c(C)cc3c(c2=O)[C@H](Cc2ccccc2)C(C#N)=C(N)O3)cc1. The van der Waals surface area contributed by atoms with Crippen molar-refractivity contribution in [3.05, 3.63) is 110 Å². The molecule has 1 aromatic heterocycles. The fraction of sp³-hybridized carbons (Fsp3) is 0.200. The summed E-state index contributed by atoms with van der Waals surface area (Å²) in [6.07, 6.45) is 0.504. The van der Waals surface area contributed by atoms with Crippen LogP contribution in [0.5, 0.6) is 5.75 Å². The van der Waals surface area contributed by atoms with Crippen LogP contribution in [-0.2, 0) is 13.0 Å². The van der Waals surface area contributed by atoms with Crippen molar-refractivity contribution in [2.75, 3.05) is 0 Å². The molecule has 2 aromatic carbocycles. The number of rotatable bonds is 4. The van der Waals surface area contributed by atoms with Gasteiger partial charge >= 0.3 is 0 Å². The van der Waals surface area contributed by atoms with Crippen molar-refractivity contribution in [2.45, 2.75) is 32.7 Å². The Kier molecular flexibility index (Phi) is 5.16. The van der Waals surface area contributed by atoms with Gasteiger partial charge in [0.15, 0.2) is 0 Å². The monoisotopic (exact) mass is 397 g/mol. The molecule has 1 atom stereocenters. The highest BCUT2D eigenvalue weighted by molar-refractivity contribution is 5.50. The number of aromatic nitrogens is 1. The molecule has 1 aliphatic heterocycles. The standard InChI is InChI=1S/C25H23N3O2/c1-16-8-10-19(11-9-16)15-28-17(2)12-22-23(25(28)29)20(21(14-26)24(27)30-22)13-18-6-4-3-5-7-18/h3-12,20H,13,15,27H2,1-2H3/t20-/m1/s1. The summed E-state index contributed by atoms with van der Waals surface area (Å²) in [5.41, 5.74) is 10.7. The number of nitrogens with two attached hydrogens (primary N) is 1. The van der Waals surface area contributed by atoms with Crippen molar-refractivity contribution < 1.29 is 4.74 Å². The smallest absolute Gasteiger partial charge is 0.258 e. The van der Waals surface area contributed by atoms with Gasteiger partial charge in [0.25, 0.3) is 5.56 Å². The lowest BCUT2D eigenvalue weighted by molar-refractivity contribution is 0.382. The van der Waals surface area contributed by atoms with Gasteiger partial charge in [-0.25, -0.2) is 0 Å². The first-order valence-corrected chi connectivity index (χ1v) is 9.89. The van der Waals surface area contributed by atoms with E-state index in [1.54, 1.807) is 4.57 Å². The highest BCUT2D eigenvalue weighted by Gasteiger charge is 2.33. The van der Waals surface area contributed by atoms with E-state index in [4.69, 9.17) is 10.5 Å². The highest BCUT2D eigenvalue weighted by atomic mass is 16.5. The summed E-state index contributed by atoms with van der Waals surface area (Å²) in [4.78, 5) is 13.6. The molecule has 5 nitrogen and oxygen atoms in total. The number of nitrogens with zero attached hydrogens (tertiary/aromatic N) is 2. The second kappa shape index (κ2) is 7.92. The van der Waals surface area contributed by atoms with Crippen molar-refractivity contribution >= 4 is 0 Å². The zero-order valence-corrected chi connectivity index (χ0v) is 17.1. The van der Waals surface area contributed by atoms with Gasteiger partial charge in [0.05, 0.1) is 17.7 Å². The largest absolute Gasteiger partial charge is 0.440 e. The molecule has 150 valence electrons. The van der Waals surface area contributed by atoms with Crippen LogP contribution in [0.3, 0.4) is 0 Å². The first-order chi connectivity index (χ1) is 14.5. The van der Waals surface area contributed by atoms with E-state index in [0.29, 0.717) is 29.9 Å². The quantitative estimate of drug-likeness (QED) is 0.723. The minimum atomic E-state index is -0.446. The van der Waals surface area contributed by atoms with Crippen molar-refractivity contribution in [1.82, 2.24) is 4.57 Å². The van der Waals surface area contributed by atoms with Crippen LogP contribution >= 0.6 is 0 Å². The lowest BCUT2D eigenvalue weighted by atomic mass is 9.85. The Morgan fingerprint density at radius 3 is 2.43 bits per heavy atom. The predicted molar refractivity (Wildman–Crippen MR) is 116 cm³/mol. The number of allylic oxidation sites excluding steroid dienone is 1. The Morgan fingerprint density at radius 1 is 1.07 bits per heavy atom. The van der Waals surface area contributed by atoms with Gasteiger partial charge in [0.1, 0.15) is 11.8 Å². The number of fused-ring (bicyclic) bond motifs is 1.